The molecule has 1 heterocycles. The van der Waals surface area contributed by atoms with E-state index in [4.69, 9.17) is 0 Å². The molecule has 0 bridgehead atoms. The van der Waals surface area contributed by atoms with Crippen molar-refractivity contribution in [3.63, 3.8) is 0 Å². The molecular weight excluding hydrogens is 283 g/mol. The molecule has 0 aliphatic carbocycles. The number of unbranched alkanes of at least 4 members (excludes halogenated alkanes) is 1. The van der Waals surface area contributed by atoms with Gasteiger partial charge in [0.25, 0.3) is 0 Å². The van der Waals surface area contributed by atoms with E-state index < -0.39 is 12.0 Å². The predicted molar refractivity (Wildman–Crippen MR) is 82.6 cm³/mol. The van der Waals surface area contributed by atoms with Gasteiger partial charge in [0.1, 0.15) is 5.82 Å². The van der Waals surface area contributed by atoms with E-state index in [2.05, 4.69) is 12.2 Å². The third-order valence-corrected chi connectivity index (χ3v) is 4.25. The summed E-state index contributed by atoms with van der Waals surface area (Å²) in [4.78, 5) is 25.9. The monoisotopic (exact) mass is 306 g/mol. The molecule has 1 fully saturated rings. The van der Waals surface area contributed by atoms with E-state index in [1.165, 1.54) is 11.0 Å². The first-order valence-electron chi connectivity index (χ1n) is 7.84. The van der Waals surface area contributed by atoms with Crippen molar-refractivity contribution in [2.45, 2.75) is 38.6 Å². The quantitative estimate of drug-likeness (QED) is 0.850. The number of piperidine rings is 1. The molecule has 0 unspecified atom stereocenters. The highest BCUT2D eigenvalue weighted by molar-refractivity contribution is 5.84. The summed E-state index contributed by atoms with van der Waals surface area (Å²) < 4.78 is 14.1. The van der Waals surface area contributed by atoms with Gasteiger partial charge in [0.2, 0.25) is 11.8 Å². The van der Waals surface area contributed by atoms with Crippen LogP contribution >= 0.6 is 0 Å². The highest BCUT2D eigenvalue weighted by atomic mass is 19.1. The van der Waals surface area contributed by atoms with Crippen LogP contribution in [0.15, 0.2) is 24.3 Å². The summed E-state index contributed by atoms with van der Waals surface area (Å²) in [5.41, 5.74) is 0.411. The van der Waals surface area contributed by atoms with Gasteiger partial charge in [-0.2, -0.15) is 0 Å². The normalized spacial score (nSPS) is 21.8. The molecule has 120 valence electrons. The van der Waals surface area contributed by atoms with Gasteiger partial charge in [-0.15, -0.1) is 0 Å². The first-order valence-corrected chi connectivity index (χ1v) is 7.84. The molecule has 5 heteroatoms. The minimum atomic E-state index is -0.538. The number of likely N-dealkylation sites (tertiary alicyclic amines) is 1. The van der Waals surface area contributed by atoms with Gasteiger partial charge >= 0.3 is 0 Å². The lowest BCUT2D eigenvalue weighted by molar-refractivity contribution is -0.141. The van der Waals surface area contributed by atoms with Crippen molar-refractivity contribution in [2.75, 3.05) is 13.6 Å². The molecule has 1 saturated heterocycles. The third-order valence-electron chi connectivity index (χ3n) is 4.25. The number of rotatable bonds is 5. The summed E-state index contributed by atoms with van der Waals surface area (Å²) in [5.74, 6) is -0.927. The number of hydrogen-bond donors (Lipinski definition) is 1. The standard InChI is InChI=1S/C17H23FN2O2/c1-3-4-11-19-17(22)13-9-10-15(21)20(2)16(13)12-7-5-6-8-14(12)18/h5-8,13,16H,3-4,9-11H2,1-2H3,(H,19,22)/t13-,16+/m1/s1. The van der Waals surface area contributed by atoms with Crippen LogP contribution < -0.4 is 5.32 Å². The second-order valence-corrected chi connectivity index (χ2v) is 5.76. The van der Waals surface area contributed by atoms with E-state index in [1.807, 2.05) is 0 Å². The summed E-state index contributed by atoms with van der Waals surface area (Å²) in [5, 5.41) is 2.91. The number of hydrogen-bond acceptors (Lipinski definition) is 2. The van der Waals surface area contributed by atoms with Crippen LogP contribution in [0.1, 0.15) is 44.2 Å². The summed E-state index contributed by atoms with van der Waals surface area (Å²) in [6.45, 7) is 2.68. The summed E-state index contributed by atoms with van der Waals surface area (Å²) in [7, 11) is 1.64. The molecule has 22 heavy (non-hydrogen) atoms. The van der Waals surface area contributed by atoms with E-state index in [-0.39, 0.29) is 17.6 Å². The second-order valence-electron chi connectivity index (χ2n) is 5.76. The van der Waals surface area contributed by atoms with Crippen LogP contribution in [0.25, 0.3) is 0 Å². The lowest BCUT2D eigenvalue weighted by Crippen LogP contribution is -2.46. The Morgan fingerprint density at radius 2 is 2.14 bits per heavy atom. The van der Waals surface area contributed by atoms with Crippen molar-refractivity contribution in [3.05, 3.63) is 35.6 Å². The molecule has 0 aromatic heterocycles. The molecule has 2 amide bonds. The molecule has 1 N–H and O–H groups in total. The second kappa shape index (κ2) is 7.38. The minimum Gasteiger partial charge on any atom is -0.356 e. The highest BCUT2D eigenvalue weighted by Gasteiger charge is 2.39. The van der Waals surface area contributed by atoms with Gasteiger partial charge in [-0.25, -0.2) is 4.39 Å². The molecule has 1 aromatic rings. The maximum Gasteiger partial charge on any atom is 0.225 e. The van der Waals surface area contributed by atoms with Crippen molar-refractivity contribution in [1.82, 2.24) is 10.2 Å². The van der Waals surface area contributed by atoms with E-state index >= 15 is 0 Å². The maximum atomic E-state index is 14.1. The molecule has 0 saturated carbocycles. The van der Waals surface area contributed by atoms with Gasteiger partial charge in [-0.05, 0) is 18.9 Å². The fourth-order valence-electron chi connectivity index (χ4n) is 2.97. The number of carbonyl (C=O) groups is 2. The van der Waals surface area contributed by atoms with Gasteiger partial charge in [0.15, 0.2) is 0 Å². The Hall–Kier alpha value is -1.91. The Labute approximate surface area is 130 Å². The Morgan fingerprint density at radius 1 is 1.41 bits per heavy atom. The van der Waals surface area contributed by atoms with Crippen LogP contribution in [-0.4, -0.2) is 30.3 Å². The Balaban J connectivity index is 2.25. The average molecular weight is 306 g/mol. The average Bonchev–Trinajstić information content (AvgIpc) is 2.51. The van der Waals surface area contributed by atoms with Crippen molar-refractivity contribution in [2.24, 2.45) is 5.92 Å². The third kappa shape index (κ3) is 3.46. The predicted octanol–water partition coefficient (Wildman–Crippen LogP) is 2.65. The Bertz CT molecular complexity index is 547. The SMILES string of the molecule is CCCCNC(=O)[C@@H]1CCC(=O)N(C)[C@H]1c1ccccc1F. The molecule has 1 aromatic carbocycles. The van der Waals surface area contributed by atoms with Crippen molar-refractivity contribution in [1.29, 1.82) is 0 Å². The molecule has 4 nitrogen and oxygen atoms in total. The topological polar surface area (TPSA) is 49.4 Å². The number of halogens is 1. The zero-order chi connectivity index (χ0) is 16.1. The van der Waals surface area contributed by atoms with E-state index in [0.29, 0.717) is 24.9 Å². The van der Waals surface area contributed by atoms with Crippen LogP contribution in [0.5, 0.6) is 0 Å². The van der Waals surface area contributed by atoms with Crippen molar-refractivity contribution < 1.29 is 14.0 Å². The highest BCUT2D eigenvalue weighted by Crippen LogP contribution is 2.36. The van der Waals surface area contributed by atoms with E-state index in [1.54, 1.807) is 25.2 Å². The zero-order valence-electron chi connectivity index (χ0n) is 13.1. The van der Waals surface area contributed by atoms with E-state index in [9.17, 15) is 14.0 Å². The summed E-state index contributed by atoms with van der Waals surface area (Å²) in [6, 6.07) is 5.83. The molecule has 0 radical (unpaired) electrons. The summed E-state index contributed by atoms with van der Waals surface area (Å²) in [6.07, 6.45) is 2.70. The molecule has 0 spiro atoms. The largest absolute Gasteiger partial charge is 0.356 e. The Kier molecular flexibility index (Phi) is 5.52. The fraction of sp³-hybridized carbons (Fsp3) is 0.529. The molecule has 1 aliphatic rings. The van der Waals surface area contributed by atoms with Crippen LogP contribution in [-0.2, 0) is 9.59 Å². The van der Waals surface area contributed by atoms with Gasteiger partial charge in [-0.1, -0.05) is 31.5 Å². The number of nitrogens with one attached hydrogen (secondary N) is 1. The number of benzene rings is 1. The smallest absolute Gasteiger partial charge is 0.225 e. The van der Waals surface area contributed by atoms with Gasteiger partial charge in [0, 0.05) is 25.6 Å². The van der Waals surface area contributed by atoms with Gasteiger partial charge in [-0.3, -0.25) is 9.59 Å². The van der Waals surface area contributed by atoms with Gasteiger partial charge < -0.3 is 10.2 Å². The fourth-order valence-corrected chi connectivity index (χ4v) is 2.97. The maximum absolute atomic E-state index is 14.1. The lowest BCUT2D eigenvalue weighted by atomic mass is 9.83. The van der Waals surface area contributed by atoms with Crippen molar-refractivity contribution in [3.8, 4) is 0 Å². The molecular formula is C17H23FN2O2. The Morgan fingerprint density at radius 3 is 2.82 bits per heavy atom. The number of nitrogens with zero attached hydrogens (tertiary/aromatic N) is 1. The van der Waals surface area contributed by atoms with Crippen LogP contribution in [0.2, 0.25) is 0 Å². The lowest BCUT2D eigenvalue weighted by Gasteiger charge is -2.38. The zero-order valence-corrected chi connectivity index (χ0v) is 13.1. The number of amides is 2. The van der Waals surface area contributed by atoms with Crippen LogP contribution in [0.4, 0.5) is 4.39 Å². The van der Waals surface area contributed by atoms with Crippen molar-refractivity contribution >= 4 is 11.8 Å². The molecule has 2 rings (SSSR count). The first-order chi connectivity index (χ1) is 10.6. The summed E-state index contributed by atoms with van der Waals surface area (Å²) >= 11 is 0. The van der Waals surface area contributed by atoms with Crippen LogP contribution in [0, 0.1) is 11.7 Å². The molecule has 1 aliphatic heterocycles. The van der Waals surface area contributed by atoms with E-state index in [0.717, 1.165) is 12.8 Å². The minimum absolute atomic E-state index is 0.0501. The molecule has 2 atom stereocenters. The number of carbonyl (C=O) groups excluding carboxylic acids is 2. The van der Waals surface area contributed by atoms with Crippen LogP contribution in [0.3, 0.4) is 0 Å². The first kappa shape index (κ1) is 16.5. The van der Waals surface area contributed by atoms with Gasteiger partial charge in [0.05, 0.1) is 12.0 Å².